The topological polar surface area (TPSA) is 72.6 Å². The molecule has 0 aromatic rings. The maximum atomic E-state index is 12.2. The Morgan fingerprint density at radius 2 is 2.00 bits per heavy atom. The van der Waals surface area contributed by atoms with E-state index in [4.69, 9.17) is 10.5 Å². The Balaban J connectivity index is 0.00000162. The smallest absolute Gasteiger partial charge is 0.216 e. The number of rotatable bonds is 3. The maximum absolute atomic E-state index is 12.2. The van der Waals surface area contributed by atoms with Crippen molar-refractivity contribution in [3.8, 4) is 0 Å². The van der Waals surface area contributed by atoms with Crippen molar-refractivity contribution in [1.29, 1.82) is 0 Å². The molecule has 2 N–H and O–H groups in total. The molecule has 108 valence electrons. The molecular weight excluding hydrogens is 276 g/mol. The molecule has 0 amide bonds. The molecule has 5 nitrogen and oxygen atoms in total. The molecule has 0 bridgehead atoms. The molecule has 2 rings (SSSR count). The number of hydrogen-bond acceptors (Lipinski definition) is 4. The van der Waals surface area contributed by atoms with E-state index in [2.05, 4.69) is 0 Å². The highest BCUT2D eigenvalue weighted by molar-refractivity contribution is 7.89. The van der Waals surface area contributed by atoms with E-state index in [-0.39, 0.29) is 30.3 Å². The standard InChI is InChI=1S/C11H22N2O3S.ClH/c12-10-4-3-6-13(8-10)17(14,15)9-11-5-1-2-7-16-11;/h10-11H,1-9,12H2;1H/t10-,11?;/m1./s1. The van der Waals surface area contributed by atoms with Gasteiger partial charge in [0.25, 0.3) is 0 Å². The van der Waals surface area contributed by atoms with Crippen LogP contribution in [0.2, 0.25) is 0 Å². The van der Waals surface area contributed by atoms with Crippen LogP contribution in [0.15, 0.2) is 0 Å². The number of piperidine rings is 1. The zero-order valence-electron chi connectivity index (χ0n) is 10.6. The fraction of sp³-hybridized carbons (Fsp3) is 1.00. The number of ether oxygens (including phenoxy) is 1. The summed E-state index contributed by atoms with van der Waals surface area (Å²) in [6, 6.07) is -0.00852. The van der Waals surface area contributed by atoms with Gasteiger partial charge in [-0.1, -0.05) is 0 Å². The van der Waals surface area contributed by atoms with Gasteiger partial charge >= 0.3 is 0 Å². The lowest BCUT2D eigenvalue weighted by atomic mass is 10.1. The van der Waals surface area contributed by atoms with Crippen molar-refractivity contribution in [2.45, 2.75) is 44.2 Å². The van der Waals surface area contributed by atoms with Crippen molar-refractivity contribution in [2.24, 2.45) is 5.73 Å². The largest absolute Gasteiger partial charge is 0.377 e. The zero-order chi connectivity index (χ0) is 12.3. The Morgan fingerprint density at radius 1 is 1.22 bits per heavy atom. The fourth-order valence-corrected chi connectivity index (χ4v) is 4.28. The van der Waals surface area contributed by atoms with E-state index < -0.39 is 10.0 Å². The summed E-state index contributed by atoms with van der Waals surface area (Å²) >= 11 is 0. The van der Waals surface area contributed by atoms with E-state index in [9.17, 15) is 8.42 Å². The van der Waals surface area contributed by atoms with Gasteiger partial charge in [-0.2, -0.15) is 0 Å². The predicted molar refractivity (Wildman–Crippen MR) is 73.4 cm³/mol. The number of sulfonamides is 1. The minimum atomic E-state index is -3.19. The SMILES string of the molecule is Cl.N[C@@H]1CCCN(S(=O)(=O)CC2CCCCO2)C1. The average Bonchev–Trinajstić information content (AvgIpc) is 2.30. The van der Waals surface area contributed by atoms with Crippen LogP contribution in [0.4, 0.5) is 0 Å². The lowest BCUT2D eigenvalue weighted by Gasteiger charge is -2.32. The molecule has 2 heterocycles. The van der Waals surface area contributed by atoms with Crippen LogP contribution >= 0.6 is 12.4 Å². The quantitative estimate of drug-likeness (QED) is 0.834. The van der Waals surface area contributed by atoms with E-state index in [0.717, 1.165) is 32.1 Å². The summed E-state index contributed by atoms with van der Waals surface area (Å²) in [5.74, 6) is 0.125. The second-order valence-corrected chi connectivity index (χ2v) is 7.04. The highest BCUT2D eigenvalue weighted by atomic mass is 35.5. The first-order valence-electron chi connectivity index (χ1n) is 6.43. The van der Waals surface area contributed by atoms with Gasteiger partial charge in [-0.25, -0.2) is 12.7 Å². The Kier molecular flexibility index (Phi) is 6.34. The second-order valence-electron chi connectivity index (χ2n) is 5.03. The van der Waals surface area contributed by atoms with Gasteiger partial charge in [0.15, 0.2) is 0 Å². The van der Waals surface area contributed by atoms with Crippen LogP contribution in [-0.4, -0.2) is 50.3 Å². The summed E-state index contributed by atoms with van der Waals surface area (Å²) in [4.78, 5) is 0. The first-order chi connectivity index (χ1) is 8.08. The van der Waals surface area contributed by atoms with Crippen molar-refractivity contribution in [3.05, 3.63) is 0 Å². The number of hydrogen-bond donors (Lipinski definition) is 1. The van der Waals surface area contributed by atoms with Crippen LogP contribution in [0.25, 0.3) is 0 Å². The average molecular weight is 299 g/mol. The third kappa shape index (κ3) is 4.35. The summed E-state index contributed by atoms with van der Waals surface area (Å²) < 4.78 is 31.4. The summed E-state index contributed by atoms with van der Waals surface area (Å²) in [7, 11) is -3.19. The van der Waals surface area contributed by atoms with Crippen molar-refractivity contribution >= 4 is 22.4 Å². The zero-order valence-corrected chi connectivity index (χ0v) is 12.2. The van der Waals surface area contributed by atoms with Crippen LogP contribution in [0.1, 0.15) is 32.1 Å². The minimum absolute atomic E-state index is 0. The molecule has 2 saturated heterocycles. The van der Waals surface area contributed by atoms with Crippen molar-refractivity contribution in [2.75, 3.05) is 25.4 Å². The molecule has 0 saturated carbocycles. The van der Waals surface area contributed by atoms with E-state index >= 15 is 0 Å². The maximum Gasteiger partial charge on any atom is 0.216 e. The Labute approximate surface area is 116 Å². The molecule has 2 aliphatic rings. The van der Waals surface area contributed by atoms with Gasteiger partial charge in [0.2, 0.25) is 10.0 Å². The van der Waals surface area contributed by atoms with E-state index in [1.807, 2.05) is 0 Å². The summed E-state index contributed by atoms with van der Waals surface area (Å²) in [6.45, 7) is 1.78. The van der Waals surface area contributed by atoms with E-state index in [1.165, 1.54) is 0 Å². The molecule has 2 fully saturated rings. The molecule has 0 aliphatic carbocycles. The first kappa shape index (κ1) is 16.2. The molecule has 0 aromatic heterocycles. The molecule has 7 heteroatoms. The van der Waals surface area contributed by atoms with Gasteiger partial charge in [-0.15, -0.1) is 12.4 Å². The first-order valence-corrected chi connectivity index (χ1v) is 8.04. The van der Waals surface area contributed by atoms with Crippen molar-refractivity contribution < 1.29 is 13.2 Å². The molecule has 2 atom stereocenters. The third-order valence-corrected chi connectivity index (χ3v) is 5.40. The summed E-state index contributed by atoms with van der Waals surface area (Å²) in [5, 5.41) is 0. The monoisotopic (exact) mass is 298 g/mol. The molecule has 18 heavy (non-hydrogen) atoms. The van der Waals surface area contributed by atoms with E-state index in [0.29, 0.717) is 19.7 Å². The Hall–Kier alpha value is 0.120. The van der Waals surface area contributed by atoms with Gasteiger partial charge in [-0.3, -0.25) is 0 Å². The van der Waals surface area contributed by atoms with Crippen LogP contribution in [0.5, 0.6) is 0 Å². The van der Waals surface area contributed by atoms with Crippen molar-refractivity contribution in [1.82, 2.24) is 4.31 Å². The molecule has 2 aliphatic heterocycles. The molecule has 0 radical (unpaired) electrons. The second kappa shape index (κ2) is 7.05. The van der Waals surface area contributed by atoms with Crippen LogP contribution in [0.3, 0.4) is 0 Å². The molecule has 1 unspecified atom stereocenters. The number of nitrogens with zero attached hydrogens (tertiary/aromatic N) is 1. The lowest BCUT2D eigenvalue weighted by Crippen LogP contribution is -2.48. The van der Waals surface area contributed by atoms with Gasteiger partial charge in [-0.05, 0) is 32.1 Å². The normalized spacial score (nSPS) is 30.7. The molecular formula is C11H23ClN2O3S. The Bertz CT molecular complexity index is 344. The summed E-state index contributed by atoms with van der Waals surface area (Å²) in [6.07, 6.45) is 4.65. The minimum Gasteiger partial charge on any atom is -0.377 e. The van der Waals surface area contributed by atoms with Crippen LogP contribution in [0, 0.1) is 0 Å². The number of nitrogens with two attached hydrogens (primary N) is 1. The summed E-state index contributed by atoms with van der Waals surface area (Å²) in [5.41, 5.74) is 5.82. The fourth-order valence-electron chi connectivity index (χ4n) is 2.51. The van der Waals surface area contributed by atoms with Gasteiger partial charge in [0.1, 0.15) is 0 Å². The Morgan fingerprint density at radius 3 is 2.61 bits per heavy atom. The molecule has 0 aromatic carbocycles. The number of halogens is 1. The van der Waals surface area contributed by atoms with Crippen molar-refractivity contribution in [3.63, 3.8) is 0 Å². The highest BCUT2D eigenvalue weighted by Gasteiger charge is 2.30. The van der Waals surface area contributed by atoms with Gasteiger partial charge in [0.05, 0.1) is 11.9 Å². The van der Waals surface area contributed by atoms with Crippen LogP contribution in [-0.2, 0) is 14.8 Å². The highest BCUT2D eigenvalue weighted by Crippen LogP contribution is 2.18. The van der Waals surface area contributed by atoms with Crippen LogP contribution < -0.4 is 5.73 Å². The third-order valence-electron chi connectivity index (χ3n) is 3.48. The van der Waals surface area contributed by atoms with Gasteiger partial charge < -0.3 is 10.5 Å². The molecule has 0 spiro atoms. The van der Waals surface area contributed by atoms with E-state index in [1.54, 1.807) is 4.31 Å². The predicted octanol–water partition coefficient (Wildman–Crippen LogP) is 0.730. The lowest BCUT2D eigenvalue weighted by molar-refractivity contribution is 0.0298. The van der Waals surface area contributed by atoms with Gasteiger partial charge in [0, 0.05) is 25.7 Å².